The zero-order valence-electron chi connectivity index (χ0n) is 8.03. The normalized spacial score (nSPS) is 9.50. The first-order chi connectivity index (χ1) is 6.75. The van der Waals surface area contributed by atoms with E-state index in [1.54, 1.807) is 19.1 Å². The fourth-order valence-corrected chi connectivity index (χ4v) is 0.920. The standard InChI is InChI=1S/C11H12O3/c1-3-13-14-11(12)9(2)10-7-5-4-6-8-10/h4-8H,2-3H2,1H3. The predicted octanol–water partition coefficient (Wildman–Crippen LogP) is 2.19. The maximum Gasteiger partial charge on any atom is 0.373 e. The highest BCUT2D eigenvalue weighted by atomic mass is 17.2. The Morgan fingerprint density at radius 2 is 2.00 bits per heavy atom. The molecular weight excluding hydrogens is 180 g/mol. The highest BCUT2D eigenvalue weighted by Crippen LogP contribution is 2.12. The molecule has 0 aliphatic carbocycles. The molecule has 0 aliphatic heterocycles. The molecule has 74 valence electrons. The average molecular weight is 192 g/mol. The van der Waals surface area contributed by atoms with Crippen molar-refractivity contribution in [2.45, 2.75) is 6.92 Å². The Bertz CT molecular complexity index is 317. The fourth-order valence-electron chi connectivity index (χ4n) is 0.920. The Hall–Kier alpha value is -1.61. The van der Waals surface area contributed by atoms with Gasteiger partial charge in [0, 0.05) is 0 Å². The molecule has 0 fully saturated rings. The highest BCUT2D eigenvalue weighted by molar-refractivity contribution is 6.15. The molecule has 0 heterocycles. The Labute approximate surface area is 82.9 Å². The minimum absolute atomic E-state index is 0.291. The average Bonchev–Trinajstić information content (AvgIpc) is 2.26. The second-order valence-electron chi connectivity index (χ2n) is 2.62. The zero-order chi connectivity index (χ0) is 10.4. The third-order valence-corrected chi connectivity index (χ3v) is 1.62. The summed E-state index contributed by atoms with van der Waals surface area (Å²) >= 11 is 0. The van der Waals surface area contributed by atoms with Gasteiger partial charge >= 0.3 is 5.97 Å². The number of carbonyl (C=O) groups is 1. The van der Waals surface area contributed by atoms with Crippen molar-refractivity contribution in [2.75, 3.05) is 6.61 Å². The number of hydrogen-bond donors (Lipinski definition) is 0. The van der Waals surface area contributed by atoms with Crippen molar-refractivity contribution in [3.8, 4) is 0 Å². The summed E-state index contributed by atoms with van der Waals surface area (Å²) in [4.78, 5) is 20.3. The molecule has 3 heteroatoms. The van der Waals surface area contributed by atoms with E-state index in [1.807, 2.05) is 18.2 Å². The number of rotatable bonds is 4. The van der Waals surface area contributed by atoms with Crippen LogP contribution in [0.5, 0.6) is 0 Å². The smallest absolute Gasteiger partial charge is 0.293 e. The van der Waals surface area contributed by atoms with Crippen molar-refractivity contribution in [3.63, 3.8) is 0 Å². The van der Waals surface area contributed by atoms with Gasteiger partial charge in [0.05, 0.1) is 12.2 Å². The quantitative estimate of drug-likeness (QED) is 0.416. The van der Waals surface area contributed by atoms with Crippen LogP contribution in [0.1, 0.15) is 12.5 Å². The van der Waals surface area contributed by atoms with Gasteiger partial charge in [-0.15, -0.1) is 0 Å². The van der Waals surface area contributed by atoms with E-state index in [0.29, 0.717) is 12.2 Å². The largest absolute Gasteiger partial charge is 0.373 e. The summed E-state index contributed by atoms with van der Waals surface area (Å²) in [6.45, 7) is 5.69. The lowest BCUT2D eigenvalue weighted by Gasteiger charge is -2.03. The summed E-state index contributed by atoms with van der Waals surface area (Å²) in [5.41, 5.74) is 1.02. The van der Waals surface area contributed by atoms with Crippen LogP contribution in [0.15, 0.2) is 36.9 Å². The van der Waals surface area contributed by atoms with Crippen LogP contribution >= 0.6 is 0 Å². The van der Waals surface area contributed by atoms with Crippen LogP contribution in [0.3, 0.4) is 0 Å². The van der Waals surface area contributed by atoms with Crippen molar-refractivity contribution in [1.29, 1.82) is 0 Å². The maximum absolute atomic E-state index is 11.3. The molecule has 0 aromatic heterocycles. The molecular formula is C11H12O3. The monoisotopic (exact) mass is 192 g/mol. The summed E-state index contributed by atoms with van der Waals surface area (Å²) in [5.74, 6) is -0.557. The molecule has 0 saturated heterocycles. The van der Waals surface area contributed by atoms with Crippen molar-refractivity contribution >= 4 is 11.5 Å². The van der Waals surface area contributed by atoms with Gasteiger partial charge in [-0.05, 0) is 12.5 Å². The molecule has 14 heavy (non-hydrogen) atoms. The molecule has 0 N–H and O–H groups in total. The lowest BCUT2D eigenvalue weighted by Crippen LogP contribution is -2.06. The van der Waals surface area contributed by atoms with Crippen molar-refractivity contribution < 1.29 is 14.6 Å². The first kappa shape index (κ1) is 10.5. The second-order valence-corrected chi connectivity index (χ2v) is 2.62. The second kappa shape index (κ2) is 5.19. The molecule has 0 aliphatic rings. The summed E-state index contributed by atoms with van der Waals surface area (Å²) in [6.07, 6.45) is 0. The summed E-state index contributed by atoms with van der Waals surface area (Å²) in [5, 5.41) is 0. The van der Waals surface area contributed by atoms with Crippen LogP contribution in [0.25, 0.3) is 5.57 Å². The van der Waals surface area contributed by atoms with Gasteiger partial charge in [-0.1, -0.05) is 36.9 Å². The zero-order valence-corrected chi connectivity index (χ0v) is 8.03. The van der Waals surface area contributed by atoms with E-state index in [-0.39, 0.29) is 0 Å². The molecule has 0 atom stereocenters. The van der Waals surface area contributed by atoms with E-state index >= 15 is 0 Å². The molecule has 0 radical (unpaired) electrons. The van der Waals surface area contributed by atoms with Gasteiger partial charge in [0.15, 0.2) is 0 Å². The Balaban J connectivity index is 2.62. The van der Waals surface area contributed by atoms with Gasteiger partial charge in [0.1, 0.15) is 0 Å². The first-order valence-corrected chi connectivity index (χ1v) is 4.33. The van der Waals surface area contributed by atoms with Crippen molar-refractivity contribution in [1.82, 2.24) is 0 Å². The fraction of sp³-hybridized carbons (Fsp3) is 0.182. The van der Waals surface area contributed by atoms with Crippen LogP contribution in [0.4, 0.5) is 0 Å². The molecule has 1 aromatic rings. The van der Waals surface area contributed by atoms with Crippen molar-refractivity contribution in [3.05, 3.63) is 42.5 Å². The third-order valence-electron chi connectivity index (χ3n) is 1.62. The SMILES string of the molecule is C=C(C(=O)OOCC)c1ccccc1. The van der Waals surface area contributed by atoms with Gasteiger partial charge in [0.25, 0.3) is 0 Å². The lowest BCUT2D eigenvalue weighted by atomic mass is 10.1. The topological polar surface area (TPSA) is 35.5 Å². The summed E-state index contributed by atoms with van der Waals surface area (Å²) in [6, 6.07) is 9.10. The Kier molecular flexibility index (Phi) is 3.88. The molecule has 0 amide bonds. The lowest BCUT2D eigenvalue weighted by molar-refractivity contribution is -0.263. The van der Waals surface area contributed by atoms with Crippen LogP contribution in [0.2, 0.25) is 0 Å². The summed E-state index contributed by atoms with van der Waals surface area (Å²) in [7, 11) is 0. The Morgan fingerprint density at radius 1 is 1.36 bits per heavy atom. The minimum atomic E-state index is -0.557. The Morgan fingerprint density at radius 3 is 2.57 bits per heavy atom. The van der Waals surface area contributed by atoms with E-state index in [9.17, 15) is 4.79 Å². The van der Waals surface area contributed by atoms with Crippen LogP contribution in [-0.4, -0.2) is 12.6 Å². The van der Waals surface area contributed by atoms with Crippen LogP contribution < -0.4 is 0 Å². The van der Waals surface area contributed by atoms with E-state index < -0.39 is 5.97 Å². The van der Waals surface area contributed by atoms with E-state index in [4.69, 9.17) is 0 Å². The molecule has 0 saturated carbocycles. The van der Waals surface area contributed by atoms with Gasteiger partial charge in [-0.2, -0.15) is 4.89 Å². The van der Waals surface area contributed by atoms with E-state index in [0.717, 1.165) is 5.56 Å². The molecule has 3 nitrogen and oxygen atoms in total. The molecule has 0 unspecified atom stereocenters. The summed E-state index contributed by atoms with van der Waals surface area (Å²) < 4.78 is 0. The number of hydrogen-bond acceptors (Lipinski definition) is 3. The number of benzene rings is 1. The van der Waals surface area contributed by atoms with Crippen molar-refractivity contribution in [2.24, 2.45) is 0 Å². The van der Waals surface area contributed by atoms with E-state index in [2.05, 4.69) is 16.4 Å². The van der Waals surface area contributed by atoms with Gasteiger partial charge in [0.2, 0.25) is 0 Å². The highest BCUT2D eigenvalue weighted by Gasteiger charge is 2.10. The molecule has 0 bridgehead atoms. The molecule has 1 rings (SSSR count). The number of carbonyl (C=O) groups excluding carboxylic acids is 1. The molecule has 1 aromatic carbocycles. The predicted molar refractivity (Wildman–Crippen MR) is 53.2 cm³/mol. The van der Waals surface area contributed by atoms with Gasteiger partial charge in [-0.25, -0.2) is 4.79 Å². The third kappa shape index (κ3) is 2.71. The van der Waals surface area contributed by atoms with Crippen LogP contribution in [0, 0.1) is 0 Å². The van der Waals surface area contributed by atoms with Gasteiger partial charge in [-0.3, -0.25) is 4.89 Å². The maximum atomic E-state index is 11.3. The van der Waals surface area contributed by atoms with Gasteiger partial charge < -0.3 is 0 Å². The first-order valence-electron chi connectivity index (χ1n) is 4.33. The molecule has 0 spiro atoms. The van der Waals surface area contributed by atoms with E-state index in [1.165, 1.54) is 0 Å². The minimum Gasteiger partial charge on any atom is -0.293 e. The van der Waals surface area contributed by atoms with Crippen LogP contribution in [-0.2, 0) is 14.6 Å².